The third kappa shape index (κ3) is 25.9. The van der Waals surface area contributed by atoms with Gasteiger partial charge in [-0.15, -0.1) is 215 Å². The molecule has 3 aliphatic carbocycles. The summed E-state index contributed by atoms with van der Waals surface area (Å²) in [5.41, 5.74) is 17.4. The van der Waals surface area contributed by atoms with Crippen LogP contribution < -0.4 is 0 Å². The first-order chi connectivity index (χ1) is 58.9. The molecule has 3 radical (unpaired) electrons. The van der Waals surface area contributed by atoms with E-state index in [9.17, 15) is 0 Å². The molecule has 3 aliphatic rings. The molecule has 0 saturated heterocycles. The van der Waals surface area contributed by atoms with Crippen molar-refractivity contribution < 1.29 is 76.8 Å². The average molecular weight is 2020 g/mol. The second-order valence-corrected chi connectivity index (χ2v) is 26.7. The minimum absolute atomic E-state index is 0. The maximum atomic E-state index is 9.04. The molecular formula is C104H94Ir3N6-6. The van der Waals surface area contributed by atoms with Crippen LogP contribution in [0, 0.1) is 50.1 Å². The summed E-state index contributed by atoms with van der Waals surface area (Å²) in [6.45, 7) is -4.16. The van der Waals surface area contributed by atoms with E-state index < -0.39 is 49.1 Å². The Kier molecular flexibility index (Phi) is 28.4. The summed E-state index contributed by atoms with van der Waals surface area (Å²) in [5, 5.41) is 0. The predicted molar refractivity (Wildman–Crippen MR) is 452 cm³/mol. The molecule has 0 N–H and O–H groups in total. The van der Waals surface area contributed by atoms with Crippen molar-refractivity contribution >= 4 is 0 Å². The summed E-state index contributed by atoms with van der Waals surface area (Å²) >= 11 is 0. The standard InChI is InChI=1S/3C23H22N.2C12H10N.C11H8N.3Ir/c3*1-3-7-18(8-4-1)19-11-13-20(14-12-19)22-15-16-24-23(17-22)21-9-5-2-6-10-21;1-10-5-7-11(8-6-10)12-4-2-3-9-13-12;1-10-7-8-12(13-9-10)11-5-3-2-4-6-11;1-2-6-10(7-3-1)11-8-4-5-9-12-11;;;/h3*1-9,15-17,19-20H,11-14H2;2-7,9H,1H3;2-5,7-9H,1H3;1-6,8-9H;;;/q6*-1;;;/i3*19D,20D;2*1D3;;;;. The maximum absolute atomic E-state index is 9.04. The van der Waals surface area contributed by atoms with E-state index >= 15 is 0 Å². The van der Waals surface area contributed by atoms with Gasteiger partial charge in [-0.05, 0) is 206 Å². The smallest absolute Gasteiger partial charge is 0.0352 e. The van der Waals surface area contributed by atoms with E-state index in [2.05, 4.69) is 66.3 Å². The number of nitrogens with zero attached hydrogens (tertiary/aromatic N) is 6. The zero-order valence-corrected chi connectivity index (χ0v) is 69.8. The van der Waals surface area contributed by atoms with E-state index in [0.717, 1.165) is 101 Å². The second-order valence-electron chi connectivity index (χ2n) is 26.7. The van der Waals surface area contributed by atoms with Gasteiger partial charge in [0.1, 0.15) is 0 Å². The summed E-state index contributed by atoms with van der Waals surface area (Å²) in [6, 6.07) is 119. The number of aryl methyl sites for hydroxylation is 2. The van der Waals surface area contributed by atoms with Crippen molar-refractivity contribution in [1.29, 1.82) is 0 Å². The van der Waals surface area contributed by atoms with Crippen molar-refractivity contribution in [3.05, 3.63) is 434 Å². The second kappa shape index (κ2) is 46.1. The fourth-order valence-corrected chi connectivity index (χ4v) is 13.7. The molecule has 6 aromatic heterocycles. The third-order valence-electron chi connectivity index (χ3n) is 19.5. The quantitative estimate of drug-likeness (QED) is 0.113. The van der Waals surface area contributed by atoms with Crippen LogP contribution in [0.15, 0.2) is 353 Å². The van der Waals surface area contributed by atoms with Gasteiger partial charge >= 0.3 is 0 Å². The van der Waals surface area contributed by atoms with Gasteiger partial charge in [-0.1, -0.05) is 169 Å². The number of benzene rings is 9. The summed E-state index contributed by atoms with van der Waals surface area (Å²) in [7, 11) is 0. The third-order valence-corrected chi connectivity index (χ3v) is 19.5. The van der Waals surface area contributed by atoms with E-state index in [1.165, 1.54) is 12.3 Å². The van der Waals surface area contributed by atoms with Crippen molar-refractivity contribution in [1.82, 2.24) is 29.9 Å². The van der Waals surface area contributed by atoms with E-state index in [1.807, 2.05) is 279 Å². The molecule has 6 heterocycles. The van der Waals surface area contributed by atoms with Crippen LogP contribution in [0.4, 0.5) is 0 Å². The summed E-state index contributed by atoms with van der Waals surface area (Å²) < 4.78 is 97.2. The first kappa shape index (κ1) is 69.5. The van der Waals surface area contributed by atoms with E-state index in [4.69, 9.17) is 16.4 Å². The van der Waals surface area contributed by atoms with E-state index in [0.29, 0.717) is 82.6 Å². The van der Waals surface area contributed by atoms with E-state index in [-0.39, 0.29) is 65.9 Å². The largest absolute Gasteiger partial charge is 0.305 e. The minimum Gasteiger partial charge on any atom is -0.305 e. The van der Waals surface area contributed by atoms with Crippen LogP contribution in [0.1, 0.15) is 173 Å². The monoisotopic (exact) mass is 2020 g/mol. The SMILES string of the molecule is [2H]C([2H])([2H])c1c[c-]c(-c2ccccn2)cc1.[2H]C([2H])([2H])c1ccc(-c2[c-]cccc2)nc1.[2H]C1(c2ccccc2)CCC([2H])(c2ccnc(-c3[c-]cccc3)c2)CC1.[2H]C1(c2ccccc2)CCC([2H])(c2ccnc(-c3[c-]cccc3)c2)CC1.[2H]C1(c2ccccc2)CCC([2H])(c2ccnc(-c3[c-]cccc3)c2)CC1.[Ir].[Ir].[Ir].[c-]1ccccc1-c1ccccn1. The fraction of sp³-hybridized carbons (Fsp3) is 0.192. The number of hydrogen-bond donors (Lipinski definition) is 0. The number of hydrogen-bond acceptors (Lipinski definition) is 6. The van der Waals surface area contributed by atoms with Gasteiger partial charge in [-0.3, -0.25) is 0 Å². The van der Waals surface area contributed by atoms with Gasteiger partial charge in [-0.25, -0.2) is 0 Å². The van der Waals surface area contributed by atoms with Gasteiger partial charge in [0.15, 0.2) is 0 Å². The van der Waals surface area contributed by atoms with Crippen molar-refractivity contribution in [2.45, 2.75) is 126 Å². The van der Waals surface area contributed by atoms with Gasteiger partial charge in [-0.2, -0.15) is 0 Å². The summed E-state index contributed by atoms with van der Waals surface area (Å²) in [6.07, 6.45) is 18.6. The molecule has 573 valence electrons. The summed E-state index contributed by atoms with van der Waals surface area (Å²) in [4.78, 5) is 25.9. The van der Waals surface area contributed by atoms with Crippen molar-refractivity contribution in [2.24, 2.45) is 0 Å². The molecule has 9 heteroatoms. The first-order valence-corrected chi connectivity index (χ1v) is 37.6. The molecule has 0 aliphatic heterocycles. The molecule has 3 saturated carbocycles. The molecule has 6 nitrogen and oxygen atoms in total. The molecule has 0 bridgehead atoms. The molecule has 3 fully saturated rings. The molecule has 113 heavy (non-hydrogen) atoms. The molecule has 18 rings (SSSR count). The normalized spacial score (nSPS) is 22.2. The van der Waals surface area contributed by atoms with Crippen LogP contribution in [-0.2, 0) is 60.3 Å². The number of pyridine rings is 6. The van der Waals surface area contributed by atoms with Crippen LogP contribution >= 0.6 is 0 Å². The van der Waals surface area contributed by atoms with Crippen LogP contribution in [0.2, 0.25) is 0 Å². The van der Waals surface area contributed by atoms with Gasteiger partial charge in [0.05, 0.1) is 0 Å². The zero-order chi connectivity index (χ0) is 85.5. The zero-order valence-electron chi connectivity index (χ0n) is 74.7. The molecule has 0 atom stereocenters. The Morgan fingerprint density at radius 3 is 0.779 bits per heavy atom. The van der Waals surface area contributed by atoms with Gasteiger partial charge < -0.3 is 29.9 Å². The molecular weight excluding hydrogens is 1910 g/mol. The predicted octanol–water partition coefficient (Wildman–Crippen LogP) is 26.2. The molecule has 0 unspecified atom stereocenters. The van der Waals surface area contributed by atoms with Gasteiger partial charge in [0, 0.05) is 114 Å². The Hall–Kier alpha value is -10.2. The van der Waals surface area contributed by atoms with Crippen LogP contribution in [0.3, 0.4) is 0 Å². The topological polar surface area (TPSA) is 77.3 Å². The van der Waals surface area contributed by atoms with Gasteiger partial charge in [0.25, 0.3) is 0 Å². The van der Waals surface area contributed by atoms with Crippen molar-refractivity contribution in [3.8, 4) is 67.5 Å². The Bertz CT molecular complexity index is 5210. The Balaban J connectivity index is 0.000000159. The molecule has 0 spiro atoms. The fourth-order valence-electron chi connectivity index (χ4n) is 13.7. The Morgan fingerprint density at radius 2 is 0.513 bits per heavy atom. The van der Waals surface area contributed by atoms with Crippen LogP contribution in [-0.4, -0.2) is 29.9 Å². The van der Waals surface area contributed by atoms with Crippen LogP contribution in [0.25, 0.3) is 67.5 Å². The van der Waals surface area contributed by atoms with Crippen molar-refractivity contribution in [2.75, 3.05) is 0 Å². The number of rotatable bonds is 12. The van der Waals surface area contributed by atoms with Gasteiger partial charge in [0.2, 0.25) is 0 Å². The molecule has 15 aromatic rings. The minimum atomic E-state index is -2.09. The molecule has 0 amide bonds. The van der Waals surface area contributed by atoms with E-state index in [1.54, 1.807) is 61.3 Å². The molecule has 9 aromatic carbocycles. The average Bonchev–Trinajstić information content (AvgIpc) is 0.779. The summed E-state index contributed by atoms with van der Waals surface area (Å²) in [5.74, 6) is -3.66. The Morgan fingerprint density at radius 1 is 0.239 bits per heavy atom. The first-order valence-electron chi connectivity index (χ1n) is 43.6. The van der Waals surface area contributed by atoms with Crippen LogP contribution in [0.5, 0.6) is 0 Å². The Labute approximate surface area is 728 Å². The maximum Gasteiger partial charge on any atom is 0.0352 e. The number of aromatic nitrogens is 6. The van der Waals surface area contributed by atoms with Crippen molar-refractivity contribution in [3.63, 3.8) is 0 Å².